The van der Waals surface area contributed by atoms with Crippen molar-refractivity contribution in [3.63, 3.8) is 0 Å². The highest BCUT2D eigenvalue weighted by atomic mass is 31.3. The van der Waals surface area contributed by atoms with Gasteiger partial charge in [-0.05, 0) is 12.8 Å². The van der Waals surface area contributed by atoms with Gasteiger partial charge in [0.2, 0.25) is 0 Å². The topological polar surface area (TPSA) is 41.5 Å². The first-order valence-corrected chi connectivity index (χ1v) is 5.40. The lowest BCUT2D eigenvalue weighted by Gasteiger charge is -2.36. The smallest absolute Gasteiger partial charge is 0.439 e. The molecule has 0 aromatic carbocycles. The quantitative estimate of drug-likeness (QED) is 0.554. The lowest BCUT2D eigenvalue weighted by molar-refractivity contribution is -0.253. The molecule has 12 heavy (non-hydrogen) atoms. The van der Waals surface area contributed by atoms with Crippen LogP contribution < -0.4 is 4.89 Å². The van der Waals surface area contributed by atoms with Crippen molar-refractivity contribution in [2.24, 2.45) is 5.92 Å². The summed E-state index contributed by atoms with van der Waals surface area (Å²) in [6, 6.07) is 0. The fourth-order valence-electron chi connectivity index (χ4n) is 1.50. The van der Waals surface area contributed by atoms with Crippen LogP contribution in [0.2, 0.25) is 0 Å². The molecule has 2 aliphatic rings. The van der Waals surface area contributed by atoms with Crippen LogP contribution in [0.25, 0.3) is 0 Å². The zero-order valence-corrected chi connectivity index (χ0v) is 7.35. The molecule has 3 atom stereocenters. The molecule has 2 rings (SSSR count). The Morgan fingerprint density at radius 2 is 2.33 bits per heavy atom. The summed E-state index contributed by atoms with van der Waals surface area (Å²) in [5.74, 6) is -0.878. The van der Waals surface area contributed by atoms with E-state index in [-0.39, 0.29) is 6.42 Å². The Morgan fingerprint density at radius 1 is 1.58 bits per heavy atom. The molecule has 0 bridgehead atoms. The predicted octanol–water partition coefficient (Wildman–Crippen LogP) is 1.60. The Bertz CT molecular complexity index is 278. The van der Waals surface area contributed by atoms with Gasteiger partial charge >= 0.3 is 8.25 Å². The van der Waals surface area contributed by atoms with E-state index in [1.54, 1.807) is 0 Å². The van der Waals surface area contributed by atoms with Crippen molar-refractivity contribution in [2.45, 2.75) is 31.8 Å². The summed E-state index contributed by atoms with van der Waals surface area (Å²) >= 11 is 0. The van der Waals surface area contributed by atoms with Gasteiger partial charge in [0.05, 0.1) is 4.11 Å². The molecule has 0 amide bonds. The van der Waals surface area contributed by atoms with Gasteiger partial charge in [-0.3, -0.25) is 0 Å². The summed E-state index contributed by atoms with van der Waals surface area (Å²) in [6.07, 6.45) is 0.222. The van der Waals surface area contributed by atoms with Crippen LogP contribution in [-0.2, 0) is 9.05 Å². The molecule has 1 saturated carbocycles. The van der Waals surface area contributed by atoms with Crippen molar-refractivity contribution in [2.75, 3.05) is 6.56 Å². The summed E-state index contributed by atoms with van der Waals surface area (Å²) in [5, 5.41) is 0. The van der Waals surface area contributed by atoms with Crippen molar-refractivity contribution in [3.05, 3.63) is 0 Å². The van der Waals surface area contributed by atoms with Crippen LogP contribution in [0, 0.1) is 5.92 Å². The van der Waals surface area contributed by atoms with Gasteiger partial charge in [0, 0.05) is 10.1 Å². The second-order valence-electron chi connectivity index (χ2n) is 3.00. The third kappa shape index (κ3) is 1.77. The molecule has 70 valence electrons. The second kappa shape index (κ2) is 3.18. The van der Waals surface area contributed by atoms with Gasteiger partial charge in [0.25, 0.3) is 0 Å². The van der Waals surface area contributed by atoms with E-state index in [9.17, 15) is 9.09 Å². The second-order valence-corrected chi connectivity index (χ2v) is 4.22. The van der Waals surface area contributed by atoms with Crippen LogP contribution in [0.15, 0.2) is 0 Å². The van der Waals surface area contributed by atoms with Gasteiger partial charge in [0.15, 0.2) is 0 Å². The van der Waals surface area contributed by atoms with Crippen molar-refractivity contribution >= 4 is 8.25 Å². The van der Waals surface area contributed by atoms with Crippen LogP contribution in [0.4, 0.5) is 4.20 Å². The van der Waals surface area contributed by atoms with Gasteiger partial charge in [-0.25, -0.2) is 0 Å². The first-order valence-electron chi connectivity index (χ1n) is 5.46. The zero-order chi connectivity index (χ0) is 11.3. The molecule has 5 heteroatoms. The highest BCUT2D eigenvalue weighted by Gasteiger charge is 2.45. The Hall–Kier alpha value is 0.240. The number of hydrogen-bond acceptors (Lipinski definition) is 3. The highest BCUT2D eigenvalue weighted by Crippen LogP contribution is 2.60. The number of rotatable bonds is 0. The average Bonchev–Trinajstić information content (AvgIpc) is 1.97. The SMILES string of the molecule is [2H]C1([2H])O[P+]([O-])(F)O[C@]2([2H])CCCC[C@H]12. The third-order valence-corrected chi connectivity index (χ3v) is 2.86. The van der Waals surface area contributed by atoms with E-state index in [0.717, 1.165) is 6.42 Å². The fourth-order valence-corrected chi connectivity index (χ4v) is 2.29. The molecule has 1 unspecified atom stereocenters. The molecule has 1 saturated heterocycles. The molecule has 0 radical (unpaired) electrons. The average molecular weight is 197 g/mol. The van der Waals surface area contributed by atoms with E-state index >= 15 is 0 Å². The van der Waals surface area contributed by atoms with Crippen molar-refractivity contribution in [1.29, 1.82) is 0 Å². The van der Waals surface area contributed by atoms with E-state index in [4.69, 9.17) is 4.11 Å². The number of fused-ring (bicyclic) bond motifs is 1. The van der Waals surface area contributed by atoms with Gasteiger partial charge in [-0.2, -0.15) is 9.05 Å². The molecule has 2 fully saturated rings. The van der Waals surface area contributed by atoms with Crippen molar-refractivity contribution < 1.29 is 22.3 Å². The van der Waals surface area contributed by atoms with Crippen LogP contribution >= 0.6 is 8.25 Å². The lowest BCUT2D eigenvalue weighted by Crippen LogP contribution is -2.37. The van der Waals surface area contributed by atoms with Gasteiger partial charge in [0.1, 0.15) is 12.6 Å². The molecular formula is C7H12FO3P. The van der Waals surface area contributed by atoms with Gasteiger partial charge in [-0.15, -0.1) is 0 Å². The maximum Gasteiger partial charge on any atom is 0.439 e. The van der Waals surface area contributed by atoms with E-state index in [0.29, 0.717) is 12.8 Å². The molecule has 1 heterocycles. The zero-order valence-electron chi connectivity index (χ0n) is 9.46. The minimum Gasteiger partial charge on any atom is -0.601 e. The lowest BCUT2D eigenvalue weighted by atomic mass is 9.87. The summed E-state index contributed by atoms with van der Waals surface area (Å²) in [7, 11) is -4.93. The van der Waals surface area contributed by atoms with E-state index in [2.05, 4.69) is 9.05 Å². The minimum absolute atomic E-state index is 0.189. The molecule has 0 N–H and O–H groups in total. The summed E-state index contributed by atoms with van der Waals surface area (Å²) < 4.78 is 44.6. The van der Waals surface area contributed by atoms with Crippen molar-refractivity contribution in [1.82, 2.24) is 0 Å². The van der Waals surface area contributed by atoms with Crippen LogP contribution in [-0.4, -0.2) is 12.6 Å². The molecule has 0 spiro atoms. The molecular weight excluding hydrogens is 182 g/mol. The first-order chi connectivity index (χ1) is 6.75. The maximum absolute atomic E-state index is 13.1. The number of halogens is 1. The van der Waals surface area contributed by atoms with E-state index in [1.165, 1.54) is 0 Å². The Labute approximate surface area is 75.8 Å². The Morgan fingerprint density at radius 3 is 3.17 bits per heavy atom. The summed E-state index contributed by atoms with van der Waals surface area (Å²) in [4.78, 5) is 11.0. The molecule has 3 nitrogen and oxygen atoms in total. The molecule has 1 aliphatic heterocycles. The normalized spacial score (nSPS) is 62.5. The summed E-state index contributed by atoms with van der Waals surface area (Å²) in [5.41, 5.74) is 0. The standard InChI is InChI=1S/C7H12FO3P/c8-12(9)10-5-6-3-1-2-4-7(6)11-12/h6-7H,1-5H2/t6-,7-,12?/m1/s1/i5D2,7D. The maximum atomic E-state index is 13.1. The minimum atomic E-state index is -4.93. The number of hydrogen-bond donors (Lipinski definition) is 0. The Kier molecular flexibility index (Phi) is 1.56. The third-order valence-electron chi connectivity index (χ3n) is 2.08. The molecule has 1 aliphatic carbocycles. The first kappa shape index (κ1) is 5.86. The van der Waals surface area contributed by atoms with Gasteiger partial charge < -0.3 is 4.89 Å². The predicted molar refractivity (Wildman–Crippen MR) is 40.8 cm³/mol. The largest absolute Gasteiger partial charge is 0.601 e. The van der Waals surface area contributed by atoms with Crippen LogP contribution in [0.3, 0.4) is 0 Å². The van der Waals surface area contributed by atoms with Crippen LogP contribution in [0.1, 0.15) is 29.8 Å². The van der Waals surface area contributed by atoms with Crippen molar-refractivity contribution in [3.8, 4) is 0 Å². The van der Waals surface area contributed by atoms with E-state index in [1.807, 2.05) is 0 Å². The van der Waals surface area contributed by atoms with Crippen LogP contribution in [0.5, 0.6) is 0 Å². The molecule has 0 aromatic rings. The van der Waals surface area contributed by atoms with E-state index < -0.39 is 26.8 Å². The highest BCUT2D eigenvalue weighted by molar-refractivity contribution is 7.53. The monoisotopic (exact) mass is 197 g/mol. The Balaban J connectivity index is 2.30. The molecule has 0 aromatic heterocycles. The van der Waals surface area contributed by atoms with Gasteiger partial charge in [-0.1, -0.05) is 12.8 Å². The fraction of sp³-hybridized carbons (Fsp3) is 1.00. The summed E-state index contributed by atoms with van der Waals surface area (Å²) in [6.45, 7) is -2.38.